The molecular weight excluding hydrogens is 387 g/mol. The van der Waals surface area contributed by atoms with Gasteiger partial charge in [-0.3, -0.25) is 5.43 Å². The molecule has 0 atom stereocenters. The molecule has 0 saturated heterocycles. The molecule has 1 aliphatic rings. The molecule has 22 heavy (non-hydrogen) atoms. The average molecular weight is 396 g/mol. The SMILES string of the molecule is O=S1(=O)CC/C(=N\Nc2c(Cl)cc(Cl)cc2Cl)c2ccsc21. The highest BCUT2D eigenvalue weighted by Gasteiger charge is 2.29. The van der Waals surface area contributed by atoms with Crippen LogP contribution < -0.4 is 5.43 Å². The van der Waals surface area contributed by atoms with E-state index in [0.717, 1.165) is 0 Å². The van der Waals surface area contributed by atoms with Crippen molar-refractivity contribution in [2.75, 3.05) is 11.2 Å². The van der Waals surface area contributed by atoms with E-state index < -0.39 is 9.84 Å². The maximum atomic E-state index is 12.0. The first-order valence-corrected chi connectivity index (χ1v) is 9.83. The van der Waals surface area contributed by atoms with Crippen molar-refractivity contribution in [3.63, 3.8) is 0 Å². The summed E-state index contributed by atoms with van der Waals surface area (Å²) in [5.41, 5.74) is 4.54. The molecule has 0 bridgehead atoms. The Balaban J connectivity index is 1.96. The highest BCUT2D eigenvalue weighted by atomic mass is 35.5. The Labute approximate surface area is 146 Å². The van der Waals surface area contributed by atoms with Gasteiger partial charge in [-0.25, -0.2) is 8.42 Å². The molecule has 2 heterocycles. The molecule has 0 amide bonds. The van der Waals surface area contributed by atoms with Gasteiger partial charge in [0.25, 0.3) is 0 Å². The Morgan fingerprint density at radius 3 is 2.55 bits per heavy atom. The fraction of sp³-hybridized carbons (Fsp3) is 0.154. The van der Waals surface area contributed by atoms with Crippen LogP contribution in [0, 0.1) is 0 Å². The molecule has 9 heteroatoms. The number of thiophene rings is 1. The average Bonchev–Trinajstić information content (AvgIpc) is 2.90. The van der Waals surface area contributed by atoms with Crippen LogP contribution in [0.4, 0.5) is 5.69 Å². The fourth-order valence-corrected chi connectivity index (χ4v) is 5.81. The summed E-state index contributed by atoms with van der Waals surface area (Å²) in [6.45, 7) is 0. The molecule has 0 fully saturated rings. The van der Waals surface area contributed by atoms with Gasteiger partial charge in [-0.05, 0) is 23.6 Å². The maximum absolute atomic E-state index is 12.0. The number of fused-ring (bicyclic) bond motifs is 1. The molecular formula is C13H9Cl3N2O2S2. The Kier molecular flexibility index (Phi) is 4.40. The maximum Gasteiger partial charge on any atom is 0.188 e. The third kappa shape index (κ3) is 2.98. The summed E-state index contributed by atoms with van der Waals surface area (Å²) in [6, 6.07) is 4.86. The predicted octanol–water partition coefficient (Wildman–Crippen LogP) is 4.70. The number of hydrogen-bond acceptors (Lipinski definition) is 5. The monoisotopic (exact) mass is 394 g/mol. The molecule has 1 N–H and O–H groups in total. The first-order valence-electron chi connectivity index (χ1n) is 6.16. The zero-order valence-corrected chi connectivity index (χ0v) is 14.8. The van der Waals surface area contributed by atoms with E-state index in [1.54, 1.807) is 23.6 Å². The van der Waals surface area contributed by atoms with E-state index in [0.29, 0.717) is 42.7 Å². The van der Waals surface area contributed by atoms with Crippen LogP contribution in [0.25, 0.3) is 0 Å². The lowest BCUT2D eigenvalue weighted by Gasteiger charge is -2.15. The second kappa shape index (κ2) is 6.02. The molecule has 2 aromatic rings. The first kappa shape index (κ1) is 16.1. The number of nitrogens with zero attached hydrogens (tertiary/aromatic N) is 1. The standard InChI is InChI=1S/C13H9Cl3N2O2S2/c14-7-5-9(15)12(10(16)6-7)18-17-11-2-4-22(19,20)13-8(11)1-3-21-13/h1,3,5-6,18H,2,4H2/b17-11+. The Morgan fingerprint density at radius 2 is 1.86 bits per heavy atom. The van der Waals surface area contributed by atoms with Crippen LogP contribution in [0.1, 0.15) is 12.0 Å². The van der Waals surface area contributed by atoms with E-state index in [1.807, 2.05) is 0 Å². The number of nitrogens with one attached hydrogen (secondary N) is 1. The van der Waals surface area contributed by atoms with Crippen LogP contribution in [0.3, 0.4) is 0 Å². The second-order valence-electron chi connectivity index (χ2n) is 4.61. The summed E-state index contributed by atoms with van der Waals surface area (Å²) in [5.74, 6) is 0.0448. The summed E-state index contributed by atoms with van der Waals surface area (Å²) >= 11 is 19.2. The van der Waals surface area contributed by atoms with Crippen molar-refractivity contribution in [1.82, 2.24) is 0 Å². The van der Waals surface area contributed by atoms with E-state index in [1.165, 1.54) is 11.3 Å². The van der Waals surface area contributed by atoms with Gasteiger partial charge in [-0.1, -0.05) is 34.8 Å². The lowest BCUT2D eigenvalue weighted by molar-refractivity contribution is 0.597. The van der Waals surface area contributed by atoms with Gasteiger partial charge >= 0.3 is 0 Å². The minimum Gasteiger partial charge on any atom is -0.275 e. The highest BCUT2D eigenvalue weighted by Crippen LogP contribution is 2.34. The van der Waals surface area contributed by atoms with Crippen molar-refractivity contribution in [3.05, 3.63) is 44.2 Å². The summed E-state index contributed by atoms with van der Waals surface area (Å²) in [4.78, 5) is 0. The number of hydrogen-bond donors (Lipinski definition) is 1. The van der Waals surface area contributed by atoms with Gasteiger partial charge < -0.3 is 0 Å². The molecule has 1 aliphatic heterocycles. The van der Waals surface area contributed by atoms with Crippen molar-refractivity contribution >= 4 is 67.4 Å². The number of benzene rings is 1. The number of halogens is 3. The van der Waals surface area contributed by atoms with E-state index in [9.17, 15) is 8.42 Å². The molecule has 0 saturated carbocycles. The summed E-state index contributed by atoms with van der Waals surface area (Å²) in [5, 5.41) is 7.14. The number of hydrazone groups is 1. The van der Waals surface area contributed by atoms with Gasteiger partial charge in [0, 0.05) is 17.0 Å². The fourth-order valence-electron chi connectivity index (χ4n) is 2.10. The van der Waals surface area contributed by atoms with Crippen molar-refractivity contribution in [3.8, 4) is 0 Å². The Bertz CT molecular complexity index is 852. The van der Waals surface area contributed by atoms with Gasteiger partial charge in [0.15, 0.2) is 9.84 Å². The van der Waals surface area contributed by atoms with Crippen molar-refractivity contribution in [2.45, 2.75) is 10.6 Å². The lowest BCUT2D eigenvalue weighted by atomic mass is 10.1. The minimum atomic E-state index is -3.20. The van der Waals surface area contributed by atoms with Gasteiger partial charge in [0.1, 0.15) is 4.21 Å². The normalized spacial score (nSPS) is 18.2. The quantitative estimate of drug-likeness (QED) is 0.750. The topological polar surface area (TPSA) is 58.5 Å². The van der Waals surface area contributed by atoms with Crippen LogP contribution in [0.2, 0.25) is 15.1 Å². The Hall–Kier alpha value is -0.790. The van der Waals surface area contributed by atoms with E-state index in [2.05, 4.69) is 10.5 Å². The van der Waals surface area contributed by atoms with Crippen LogP contribution in [-0.2, 0) is 9.84 Å². The van der Waals surface area contributed by atoms with E-state index in [-0.39, 0.29) is 5.75 Å². The third-order valence-electron chi connectivity index (χ3n) is 3.14. The molecule has 0 spiro atoms. The van der Waals surface area contributed by atoms with E-state index >= 15 is 0 Å². The third-order valence-corrected chi connectivity index (χ3v) is 7.24. The van der Waals surface area contributed by atoms with Crippen molar-refractivity contribution in [2.24, 2.45) is 5.10 Å². The van der Waals surface area contributed by atoms with Crippen LogP contribution in [0.15, 0.2) is 32.9 Å². The first-order chi connectivity index (χ1) is 10.4. The van der Waals surface area contributed by atoms with Crippen LogP contribution in [-0.4, -0.2) is 19.9 Å². The summed E-state index contributed by atoms with van der Waals surface area (Å²) in [6.07, 6.45) is 0.335. The van der Waals surface area contributed by atoms with Crippen molar-refractivity contribution < 1.29 is 8.42 Å². The number of sulfone groups is 1. The smallest absolute Gasteiger partial charge is 0.188 e. The summed E-state index contributed by atoms with van der Waals surface area (Å²) < 4.78 is 24.3. The van der Waals surface area contributed by atoms with E-state index in [4.69, 9.17) is 34.8 Å². The molecule has 0 aliphatic carbocycles. The van der Waals surface area contributed by atoms with Gasteiger partial charge in [0.2, 0.25) is 0 Å². The molecule has 0 unspecified atom stereocenters. The largest absolute Gasteiger partial charge is 0.275 e. The zero-order valence-electron chi connectivity index (χ0n) is 10.9. The zero-order chi connectivity index (χ0) is 15.9. The molecule has 4 nitrogen and oxygen atoms in total. The number of rotatable bonds is 2. The van der Waals surface area contributed by atoms with Gasteiger partial charge in [-0.15, -0.1) is 11.3 Å². The van der Waals surface area contributed by atoms with Crippen molar-refractivity contribution in [1.29, 1.82) is 0 Å². The second-order valence-corrected chi connectivity index (χ2v) is 9.08. The van der Waals surface area contributed by atoms with Crippen LogP contribution >= 0.6 is 46.1 Å². The van der Waals surface area contributed by atoms with Gasteiger partial charge in [0.05, 0.1) is 27.2 Å². The minimum absolute atomic E-state index is 0.0448. The molecule has 3 rings (SSSR count). The predicted molar refractivity (Wildman–Crippen MR) is 92.6 cm³/mol. The van der Waals surface area contributed by atoms with Crippen LogP contribution in [0.5, 0.6) is 0 Å². The number of anilines is 1. The highest BCUT2D eigenvalue weighted by molar-refractivity contribution is 7.93. The molecule has 0 radical (unpaired) electrons. The van der Waals surface area contributed by atoms with Gasteiger partial charge in [-0.2, -0.15) is 5.10 Å². The molecule has 1 aromatic carbocycles. The molecule has 1 aromatic heterocycles. The molecule has 116 valence electrons. The Morgan fingerprint density at radius 1 is 1.18 bits per heavy atom. The summed E-state index contributed by atoms with van der Waals surface area (Å²) in [7, 11) is -3.20. The lowest BCUT2D eigenvalue weighted by Crippen LogP contribution is -2.20.